The summed E-state index contributed by atoms with van der Waals surface area (Å²) < 4.78 is 2.11. The monoisotopic (exact) mass is 340 g/mol. The Balaban J connectivity index is 1.52. The van der Waals surface area contributed by atoms with Gasteiger partial charge in [0, 0.05) is 31.5 Å². The number of likely N-dealkylation sites (N-methyl/N-ethyl adjacent to an activating group) is 1. The van der Waals surface area contributed by atoms with Gasteiger partial charge in [0.25, 0.3) is 0 Å². The van der Waals surface area contributed by atoms with Gasteiger partial charge in [-0.15, -0.1) is 0 Å². The molecule has 0 bridgehead atoms. The Morgan fingerprint density at radius 3 is 3.00 bits per heavy atom. The van der Waals surface area contributed by atoms with Crippen LogP contribution in [0.1, 0.15) is 31.2 Å². The first-order chi connectivity index (χ1) is 12.3. The Morgan fingerprint density at radius 1 is 1.36 bits per heavy atom. The summed E-state index contributed by atoms with van der Waals surface area (Å²) in [6, 6.07) is 10.9. The van der Waals surface area contributed by atoms with Crippen molar-refractivity contribution < 1.29 is 0 Å². The molecule has 1 fully saturated rings. The Morgan fingerprint density at radius 2 is 2.20 bits per heavy atom. The van der Waals surface area contributed by atoms with E-state index in [0.717, 1.165) is 25.5 Å². The van der Waals surface area contributed by atoms with Crippen LogP contribution >= 0.6 is 0 Å². The van der Waals surface area contributed by atoms with Crippen LogP contribution in [0.25, 0.3) is 0 Å². The van der Waals surface area contributed by atoms with Crippen molar-refractivity contribution in [2.24, 2.45) is 10.7 Å². The molecule has 3 rings (SSSR count). The van der Waals surface area contributed by atoms with Gasteiger partial charge in [0.05, 0.1) is 0 Å². The zero-order chi connectivity index (χ0) is 17.5. The number of aliphatic imine (C=N–C) groups is 1. The van der Waals surface area contributed by atoms with Crippen LogP contribution in [0.5, 0.6) is 0 Å². The maximum atomic E-state index is 6.04. The van der Waals surface area contributed by atoms with Crippen molar-refractivity contribution in [3.63, 3.8) is 0 Å². The quantitative estimate of drug-likeness (QED) is 0.596. The molecule has 1 atom stereocenters. The lowest BCUT2D eigenvalue weighted by atomic mass is 10.2. The molecule has 25 heavy (non-hydrogen) atoms. The van der Waals surface area contributed by atoms with E-state index in [2.05, 4.69) is 55.9 Å². The standard InChI is InChI=1S/C19H28N6/c1-2-24-11-6-9-17(24)13-22-19(20)23-14-18-21-10-12-25(18)15-16-7-4-3-5-8-16/h3-5,7-8,10,12,17H,2,6,9,11,13-15H2,1H3,(H3,20,22,23). The summed E-state index contributed by atoms with van der Waals surface area (Å²) in [5.41, 5.74) is 7.29. The van der Waals surface area contributed by atoms with Crippen LogP contribution in [0, 0.1) is 0 Å². The molecule has 3 N–H and O–H groups in total. The van der Waals surface area contributed by atoms with Crippen molar-refractivity contribution in [3.8, 4) is 0 Å². The normalized spacial score (nSPS) is 18.6. The van der Waals surface area contributed by atoms with Gasteiger partial charge in [0.1, 0.15) is 12.4 Å². The number of hydrogen-bond donors (Lipinski definition) is 2. The van der Waals surface area contributed by atoms with Gasteiger partial charge in [-0.05, 0) is 31.5 Å². The third-order valence-electron chi connectivity index (χ3n) is 4.81. The van der Waals surface area contributed by atoms with E-state index in [-0.39, 0.29) is 0 Å². The number of benzene rings is 1. The number of guanidine groups is 1. The van der Waals surface area contributed by atoms with E-state index >= 15 is 0 Å². The Kier molecular flexibility index (Phi) is 6.06. The number of nitrogens with two attached hydrogens (primary N) is 1. The smallest absolute Gasteiger partial charge is 0.189 e. The molecule has 1 aromatic heterocycles. The second-order valence-electron chi connectivity index (χ2n) is 6.46. The topological polar surface area (TPSA) is 71.5 Å². The molecule has 1 aliphatic heterocycles. The number of nitrogens with zero attached hydrogens (tertiary/aromatic N) is 4. The Labute approximate surface area is 149 Å². The van der Waals surface area contributed by atoms with Crippen molar-refractivity contribution in [1.82, 2.24) is 19.8 Å². The molecule has 1 saturated heterocycles. The summed E-state index contributed by atoms with van der Waals surface area (Å²) in [6.07, 6.45) is 6.30. The molecule has 0 radical (unpaired) electrons. The molecule has 1 unspecified atom stereocenters. The third-order valence-corrected chi connectivity index (χ3v) is 4.81. The molecule has 6 heteroatoms. The number of hydrogen-bond acceptors (Lipinski definition) is 3. The van der Waals surface area contributed by atoms with Crippen LogP contribution in [-0.2, 0) is 13.1 Å². The van der Waals surface area contributed by atoms with E-state index in [1.54, 1.807) is 0 Å². The second kappa shape index (κ2) is 8.67. The molecule has 2 aromatic rings. The van der Waals surface area contributed by atoms with Crippen LogP contribution in [0.15, 0.2) is 47.7 Å². The average Bonchev–Trinajstić information content (AvgIpc) is 3.28. The van der Waals surface area contributed by atoms with Crippen molar-refractivity contribution in [2.45, 2.75) is 38.9 Å². The minimum atomic E-state index is 0.487. The SMILES string of the molecule is CCN1CCCC1CNC(N)=NCc1nccn1Cc1ccccc1. The fourth-order valence-electron chi connectivity index (χ4n) is 3.39. The lowest BCUT2D eigenvalue weighted by Gasteiger charge is -2.23. The first kappa shape index (κ1) is 17.5. The summed E-state index contributed by atoms with van der Waals surface area (Å²) in [7, 11) is 0. The Bertz CT molecular complexity index is 678. The highest BCUT2D eigenvalue weighted by atomic mass is 15.2. The fraction of sp³-hybridized carbons (Fsp3) is 0.474. The molecular formula is C19H28N6. The first-order valence-corrected chi connectivity index (χ1v) is 9.08. The van der Waals surface area contributed by atoms with Gasteiger partial charge in [-0.2, -0.15) is 0 Å². The van der Waals surface area contributed by atoms with Gasteiger partial charge in [-0.25, -0.2) is 9.98 Å². The predicted octanol–water partition coefficient (Wildman–Crippen LogP) is 1.82. The molecule has 0 saturated carbocycles. The van der Waals surface area contributed by atoms with E-state index in [1.165, 1.54) is 24.9 Å². The zero-order valence-electron chi connectivity index (χ0n) is 14.9. The molecule has 0 aliphatic carbocycles. The maximum Gasteiger partial charge on any atom is 0.189 e. The largest absolute Gasteiger partial charge is 0.370 e. The number of nitrogens with one attached hydrogen (secondary N) is 1. The van der Waals surface area contributed by atoms with Gasteiger partial charge < -0.3 is 15.6 Å². The minimum Gasteiger partial charge on any atom is -0.370 e. The predicted molar refractivity (Wildman–Crippen MR) is 101 cm³/mol. The van der Waals surface area contributed by atoms with Crippen molar-refractivity contribution >= 4 is 5.96 Å². The number of aromatic nitrogens is 2. The van der Waals surface area contributed by atoms with Crippen LogP contribution in [-0.4, -0.2) is 46.1 Å². The Hall–Kier alpha value is -2.34. The summed E-state index contributed by atoms with van der Waals surface area (Å²) in [5, 5.41) is 3.27. The van der Waals surface area contributed by atoms with Crippen LogP contribution in [0.4, 0.5) is 0 Å². The molecular weight excluding hydrogens is 312 g/mol. The molecule has 6 nitrogen and oxygen atoms in total. The summed E-state index contributed by atoms with van der Waals surface area (Å²) in [5.74, 6) is 1.42. The highest BCUT2D eigenvalue weighted by Crippen LogP contribution is 2.15. The first-order valence-electron chi connectivity index (χ1n) is 9.08. The molecule has 0 spiro atoms. The van der Waals surface area contributed by atoms with E-state index in [0.29, 0.717) is 18.5 Å². The maximum absolute atomic E-state index is 6.04. The number of likely N-dealkylation sites (tertiary alicyclic amines) is 1. The average molecular weight is 340 g/mol. The van der Waals surface area contributed by atoms with Crippen molar-refractivity contribution in [2.75, 3.05) is 19.6 Å². The summed E-state index contributed by atoms with van der Waals surface area (Å²) >= 11 is 0. The molecule has 1 aromatic carbocycles. The second-order valence-corrected chi connectivity index (χ2v) is 6.46. The minimum absolute atomic E-state index is 0.487. The van der Waals surface area contributed by atoms with Crippen LogP contribution in [0.3, 0.4) is 0 Å². The molecule has 2 heterocycles. The van der Waals surface area contributed by atoms with E-state index in [4.69, 9.17) is 5.73 Å². The summed E-state index contributed by atoms with van der Waals surface area (Å²) in [6.45, 7) is 6.65. The van der Waals surface area contributed by atoms with Crippen molar-refractivity contribution in [3.05, 3.63) is 54.1 Å². The van der Waals surface area contributed by atoms with Crippen molar-refractivity contribution in [1.29, 1.82) is 0 Å². The lowest BCUT2D eigenvalue weighted by molar-refractivity contribution is 0.267. The zero-order valence-corrected chi connectivity index (χ0v) is 14.9. The molecule has 134 valence electrons. The van der Waals surface area contributed by atoms with Gasteiger partial charge in [-0.3, -0.25) is 4.90 Å². The summed E-state index contributed by atoms with van der Waals surface area (Å²) in [4.78, 5) is 11.4. The fourth-order valence-corrected chi connectivity index (χ4v) is 3.39. The van der Waals surface area contributed by atoms with Crippen LogP contribution in [0.2, 0.25) is 0 Å². The highest BCUT2D eigenvalue weighted by molar-refractivity contribution is 5.77. The van der Waals surface area contributed by atoms with Gasteiger partial charge >= 0.3 is 0 Å². The third kappa shape index (κ3) is 4.82. The van der Waals surface area contributed by atoms with Gasteiger partial charge in [0.2, 0.25) is 0 Å². The van der Waals surface area contributed by atoms with Gasteiger partial charge in [0.15, 0.2) is 5.96 Å². The van der Waals surface area contributed by atoms with E-state index in [9.17, 15) is 0 Å². The van der Waals surface area contributed by atoms with Crippen LogP contribution < -0.4 is 11.1 Å². The number of imidazole rings is 1. The highest BCUT2D eigenvalue weighted by Gasteiger charge is 2.22. The van der Waals surface area contributed by atoms with E-state index < -0.39 is 0 Å². The molecule has 1 aliphatic rings. The lowest BCUT2D eigenvalue weighted by Crippen LogP contribution is -2.42. The van der Waals surface area contributed by atoms with Gasteiger partial charge in [-0.1, -0.05) is 37.3 Å². The molecule has 0 amide bonds. The number of rotatable bonds is 7. The van der Waals surface area contributed by atoms with E-state index in [1.807, 2.05) is 18.5 Å².